The van der Waals surface area contributed by atoms with Crippen LogP contribution in [0.2, 0.25) is 0 Å². The van der Waals surface area contributed by atoms with E-state index in [1.807, 2.05) is 36.2 Å². The number of carbonyl (C=O) groups excluding carboxylic acids is 1. The third-order valence-electron chi connectivity index (χ3n) is 5.25. The molecule has 2 aromatic carbocycles. The smallest absolute Gasteiger partial charge is 0.336 e. The van der Waals surface area contributed by atoms with Gasteiger partial charge in [0.25, 0.3) is 0 Å². The van der Waals surface area contributed by atoms with E-state index in [9.17, 15) is 9.59 Å². The van der Waals surface area contributed by atoms with Gasteiger partial charge in [-0.1, -0.05) is 6.07 Å². The molecule has 0 radical (unpaired) electrons. The van der Waals surface area contributed by atoms with E-state index in [-0.39, 0.29) is 18.1 Å². The maximum Gasteiger partial charge on any atom is 0.336 e. The van der Waals surface area contributed by atoms with Crippen LogP contribution < -0.4 is 15.7 Å². The number of hydrogen-bond acceptors (Lipinski definition) is 5. The lowest BCUT2D eigenvalue weighted by Gasteiger charge is -2.17. The molecule has 0 spiro atoms. The van der Waals surface area contributed by atoms with E-state index in [2.05, 4.69) is 11.4 Å². The van der Waals surface area contributed by atoms with Crippen LogP contribution >= 0.6 is 0 Å². The average Bonchev–Trinajstić information content (AvgIpc) is 3.13. The van der Waals surface area contributed by atoms with Crippen molar-refractivity contribution in [2.45, 2.75) is 25.8 Å². The summed E-state index contributed by atoms with van der Waals surface area (Å²) in [5.41, 5.74) is 4.42. The molecule has 4 rings (SSSR count). The first-order chi connectivity index (χ1) is 14.0. The van der Waals surface area contributed by atoms with Crippen molar-refractivity contribution in [3.05, 3.63) is 69.6 Å². The van der Waals surface area contributed by atoms with Crippen molar-refractivity contribution < 1.29 is 13.9 Å². The van der Waals surface area contributed by atoms with Gasteiger partial charge in [0.2, 0.25) is 5.91 Å². The molecule has 1 N–H and O–H groups in total. The topological polar surface area (TPSA) is 71.8 Å². The van der Waals surface area contributed by atoms with Crippen LogP contribution in [0.5, 0.6) is 5.75 Å². The van der Waals surface area contributed by atoms with E-state index >= 15 is 0 Å². The van der Waals surface area contributed by atoms with Crippen molar-refractivity contribution in [3.8, 4) is 5.75 Å². The molecule has 1 heterocycles. The number of benzene rings is 2. The van der Waals surface area contributed by atoms with Crippen LogP contribution in [0, 0.1) is 0 Å². The predicted molar refractivity (Wildman–Crippen MR) is 112 cm³/mol. The number of methoxy groups -OCH3 is 1. The highest BCUT2D eigenvalue weighted by molar-refractivity contribution is 5.92. The summed E-state index contributed by atoms with van der Waals surface area (Å²) in [7, 11) is 3.45. The number of rotatable bonds is 6. The minimum atomic E-state index is -0.361. The number of ether oxygens (including phenoxy) is 1. The molecular weight excluding hydrogens is 368 g/mol. The van der Waals surface area contributed by atoms with Crippen molar-refractivity contribution in [2.75, 3.05) is 26.0 Å². The van der Waals surface area contributed by atoms with Crippen LogP contribution in [-0.4, -0.2) is 31.5 Å². The number of fused-ring (bicyclic) bond motifs is 2. The molecule has 1 aliphatic carbocycles. The Morgan fingerprint density at radius 1 is 1.17 bits per heavy atom. The van der Waals surface area contributed by atoms with Gasteiger partial charge in [-0.25, -0.2) is 4.79 Å². The summed E-state index contributed by atoms with van der Waals surface area (Å²) < 4.78 is 10.6. The molecular formula is C23H24N2O4. The van der Waals surface area contributed by atoms with Crippen molar-refractivity contribution >= 4 is 22.6 Å². The Balaban J connectivity index is 1.49. The zero-order valence-electron chi connectivity index (χ0n) is 16.7. The average molecular weight is 392 g/mol. The number of likely N-dealkylation sites (N-methyl/N-ethyl adjacent to an activating group) is 1. The maximum atomic E-state index is 12.4. The number of amides is 1. The second kappa shape index (κ2) is 8.09. The highest BCUT2D eigenvalue weighted by Gasteiger charge is 2.16. The zero-order valence-corrected chi connectivity index (χ0v) is 16.7. The molecule has 1 aliphatic rings. The Morgan fingerprint density at radius 3 is 2.76 bits per heavy atom. The molecule has 1 aromatic heterocycles. The van der Waals surface area contributed by atoms with Gasteiger partial charge in [0, 0.05) is 29.8 Å². The van der Waals surface area contributed by atoms with E-state index < -0.39 is 0 Å². The minimum absolute atomic E-state index is 0.131. The van der Waals surface area contributed by atoms with Crippen LogP contribution in [0.15, 0.2) is 51.7 Å². The minimum Gasteiger partial charge on any atom is -0.497 e. The predicted octanol–water partition coefficient (Wildman–Crippen LogP) is 3.36. The molecule has 0 atom stereocenters. The first-order valence-corrected chi connectivity index (χ1v) is 9.73. The lowest BCUT2D eigenvalue weighted by molar-refractivity contribution is -0.117. The second-order valence-corrected chi connectivity index (χ2v) is 7.51. The van der Waals surface area contributed by atoms with E-state index in [1.165, 1.54) is 17.2 Å². The van der Waals surface area contributed by atoms with Gasteiger partial charge in [0.1, 0.15) is 11.3 Å². The number of aryl methyl sites for hydroxylation is 2. The monoisotopic (exact) mass is 392 g/mol. The summed E-state index contributed by atoms with van der Waals surface area (Å²) in [6, 6.07) is 12.9. The number of nitrogens with one attached hydrogen (secondary N) is 1. The van der Waals surface area contributed by atoms with Gasteiger partial charge < -0.3 is 14.5 Å². The summed E-state index contributed by atoms with van der Waals surface area (Å²) in [5, 5.41) is 3.82. The summed E-state index contributed by atoms with van der Waals surface area (Å²) in [6.45, 7) is 0.677. The van der Waals surface area contributed by atoms with E-state index in [4.69, 9.17) is 9.15 Å². The molecule has 1 amide bonds. The summed E-state index contributed by atoms with van der Waals surface area (Å²) in [4.78, 5) is 26.3. The van der Waals surface area contributed by atoms with Gasteiger partial charge in [-0.2, -0.15) is 0 Å². The van der Waals surface area contributed by atoms with Crippen molar-refractivity contribution in [1.82, 2.24) is 4.90 Å². The lowest BCUT2D eigenvalue weighted by Crippen LogP contribution is -2.30. The SMILES string of the molecule is COc1cccc(NC(=O)CN(C)Cc2cc(=O)oc3cc4c(cc23)CCC4)c1. The first-order valence-electron chi connectivity index (χ1n) is 9.73. The van der Waals surface area contributed by atoms with Gasteiger partial charge in [0.05, 0.1) is 13.7 Å². The van der Waals surface area contributed by atoms with Gasteiger partial charge in [-0.3, -0.25) is 9.69 Å². The Labute approximate surface area is 169 Å². The van der Waals surface area contributed by atoms with E-state index in [0.717, 1.165) is 30.2 Å². The maximum absolute atomic E-state index is 12.4. The highest BCUT2D eigenvalue weighted by atomic mass is 16.5. The number of anilines is 1. The lowest BCUT2D eigenvalue weighted by atomic mass is 10.0. The molecule has 0 fully saturated rings. The molecule has 0 aliphatic heterocycles. The van der Waals surface area contributed by atoms with E-state index in [0.29, 0.717) is 23.6 Å². The number of nitrogens with zero attached hydrogens (tertiary/aromatic N) is 1. The molecule has 0 bridgehead atoms. The largest absolute Gasteiger partial charge is 0.497 e. The molecule has 6 nitrogen and oxygen atoms in total. The molecule has 150 valence electrons. The van der Waals surface area contributed by atoms with Crippen molar-refractivity contribution in [1.29, 1.82) is 0 Å². The first kappa shape index (κ1) is 19.2. The Kier molecular flexibility index (Phi) is 5.36. The number of carbonyl (C=O) groups is 1. The fraction of sp³-hybridized carbons (Fsp3) is 0.304. The standard InChI is InChI=1S/C23H24N2O4/c1-25(14-22(26)24-18-7-4-8-19(12-18)28-2)13-17-11-23(27)29-21-10-16-6-3-5-15(16)9-20(17)21/h4,7-12H,3,5-6,13-14H2,1-2H3,(H,24,26). The molecule has 0 unspecified atom stereocenters. The second-order valence-electron chi connectivity index (χ2n) is 7.51. The van der Waals surface area contributed by atoms with Crippen molar-refractivity contribution in [2.24, 2.45) is 0 Å². The molecule has 0 saturated carbocycles. The molecule has 3 aromatic rings. The van der Waals surface area contributed by atoms with Crippen LogP contribution in [-0.2, 0) is 24.2 Å². The zero-order chi connectivity index (χ0) is 20.4. The number of hydrogen-bond donors (Lipinski definition) is 1. The van der Waals surface area contributed by atoms with Crippen LogP contribution in [0.1, 0.15) is 23.1 Å². The van der Waals surface area contributed by atoms with E-state index in [1.54, 1.807) is 13.2 Å². The summed E-state index contributed by atoms with van der Waals surface area (Å²) >= 11 is 0. The quantitative estimate of drug-likeness (QED) is 0.652. The molecule has 0 saturated heterocycles. The van der Waals surface area contributed by atoms with Gasteiger partial charge in [-0.15, -0.1) is 0 Å². The van der Waals surface area contributed by atoms with Crippen LogP contribution in [0.4, 0.5) is 5.69 Å². The molecule has 6 heteroatoms. The Hall–Kier alpha value is -3.12. The van der Waals surface area contributed by atoms with Gasteiger partial charge in [0.15, 0.2) is 0 Å². The normalized spacial score (nSPS) is 12.9. The third-order valence-corrected chi connectivity index (χ3v) is 5.25. The van der Waals surface area contributed by atoms with Gasteiger partial charge >= 0.3 is 5.63 Å². The Bertz CT molecular complexity index is 1120. The van der Waals surface area contributed by atoms with Crippen molar-refractivity contribution in [3.63, 3.8) is 0 Å². The summed E-state index contributed by atoms with van der Waals surface area (Å²) in [5.74, 6) is 0.556. The van der Waals surface area contributed by atoms with Crippen LogP contribution in [0.25, 0.3) is 11.0 Å². The fourth-order valence-electron chi connectivity index (χ4n) is 3.92. The van der Waals surface area contributed by atoms with Crippen LogP contribution in [0.3, 0.4) is 0 Å². The highest BCUT2D eigenvalue weighted by Crippen LogP contribution is 2.29. The summed E-state index contributed by atoms with van der Waals surface area (Å²) in [6.07, 6.45) is 3.22. The fourth-order valence-corrected chi connectivity index (χ4v) is 3.92. The van der Waals surface area contributed by atoms with Gasteiger partial charge in [-0.05, 0) is 67.3 Å². The third kappa shape index (κ3) is 4.32. The molecule has 29 heavy (non-hydrogen) atoms. The Morgan fingerprint density at radius 2 is 1.97 bits per heavy atom.